The lowest BCUT2D eigenvalue weighted by Crippen LogP contribution is -1.80. The molecule has 13 heavy (non-hydrogen) atoms. The minimum absolute atomic E-state index is 1.09. The Balaban J connectivity index is 2.98. The lowest BCUT2D eigenvalue weighted by Gasteiger charge is -1.98. The predicted octanol–water partition coefficient (Wildman–Crippen LogP) is 3.23. The normalized spacial score (nSPS) is 11.9. The molecule has 0 atom stereocenters. The van der Waals surface area contributed by atoms with E-state index in [1.54, 1.807) is 6.20 Å². The van der Waals surface area contributed by atoms with Gasteiger partial charge in [0.25, 0.3) is 0 Å². The van der Waals surface area contributed by atoms with E-state index in [-0.39, 0.29) is 0 Å². The van der Waals surface area contributed by atoms with Gasteiger partial charge in [0.15, 0.2) is 0 Å². The van der Waals surface area contributed by atoms with Gasteiger partial charge in [0, 0.05) is 12.4 Å². The van der Waals surface area contributed by atoms with Gasteiger partial charge in [-0.2, -0.15) is 0 Å². The van der Waals surface area contributed by atoms with Crippen LogP contribution in [0.5, 0.6) is 0 Å². The fraction of sp³-hybridized carbons (Fsp3) is 0.0833. The van der Waals surface area contributed by atoms with Crippen molar-refractivity contribution in [2.75, 3.05) is 0 Å². The molecular weight excluding hydrogens is 158 g/mol. The van der Waals surface area contributed by atoms with Gasteiger partial charge in [0.05, 0.1) is 0 Å². The molecule has 1 rings (SSSR count). The standard InChI is InChI=1S/C12H13N/c1-3-5-7-11(4-2)12-8-6-9-13-10-12/h3-10H,2H2,1H3/b5-3-,11-7+. The zero-order chi connectivity index (χ0) is 9.52. The molecule has 0 saturated heterocycles. The number of rotatable bonds is 3. The zero-order valence-electron chi connectivity index (χ0n) is 7.77. The van der Waals surface area contributed by atoms with Gasteiger partial charge in [-0.25, -0.2) is 0 Å². The van der Waals surface area contributed by atoms with Gasteiger partial charge in [0.1, 0.15) is 0 Å². The Labute approximate surface area is 79.1 Å². The summed E-state index contributed by atoms with van der Waals surface area (Å²) >= 11 is 0. The molecule has 1 heteroatoms. The van der Waals surface area contributed by atoms with Gasteiger partial charge >= 0.3 is 0 Å². The molecule has 0 amide bonds. The van der Waals surface area contributed by atoms with E-state index in [1.807, 2.05) is 49.6 Å². The predicted molar refractivity (Wildman–Crippen MR) is 57.2 cm³/mol. The van der Waals surface area contributed by atoms with Crippen molar-refractivity contribution in [3.05, 3.63) is 61.0 Å². The monoisotopic (exact) mass is 171 g/mol. The first kappa shape index (κ1) is 9.46. The van der Waals surface area contributed by atoms with Gasteiger partial charge in [-0.05, 0) is 24.1 Å². The van der Waals surface area contributed by atoms with Crippen molar-refractivity contribution < 1.29 is 0 Å². The molecule has 0 aliphatic heterocycles. The van der Waals surface area contributed by atoms with Crippen LogP contribution >= 0.6 is 0 Å². The Kier molecular flexibility index (Phi) is 3.71. The minimum Gasteiger partial charge on any atom is -0.264 e. The first-order chi connectivity index (χ1) is 6.38. The van der Waals surface area contributed by atoms with E-state index in [4.69, 9.17) is 0 Å². The third-order valence-electron chi connectivity index (χ3n) is 1.68. The van der Waals surface area contributed by atoms with Crippen LogP contribution in [0, 0.1) is 0 Å². The van der Waals surface area contributed by atoms with Crippen LogP contribution in [0.2, 0.25) is 0 Å². The summed E-state index contributed by atoms with van der Waals surface area (Å²) in [6.07, 6.45) is 11.4. The van der Waals surface area contributed by atoms with Crippen molar-refractivity contribution in [3.63, 3.8) is 0 Å². The molecule has 0 aromatic carbocycles. The maximum atomic E-state index is 4.05. The van der Waals surface area contributed by atoms with E-state index in [0.29, 0.717) is 0 Å². The lowest BCUT2D eigenvalue weighted by molar-refractivity contribution is 1.31. The third-order valence-corrected chi connectivity index (χ3v) is 1.68. The quantitative estimate of drug-likeness (QED) is 0.636. The first-order valence-corrected chi connectivity index (χ1v) is 4.24. The summed E-state index contributed by atoms with van der Waals surface area (Å²) in [5.74, 6) is 0. The molecule has 1 aromatic heterocycles. The van der Waals surface area contributed by atoms with Crippen LogP contribution in [0.15, 0.2) is 55.4 Å². The second-order valence-corrected chi connectivity index (χ2v) is 2.59. The molecule has 66 valence electrons. The Hall–Kier alpha value is -1.63. The van der Waals surface area contributed by atoms with Crippen LogP contribution in [0.1, 0.15) is 12.5 Å². The number of hydrogen-bond donors (Lipinski definition) is 0. The van der Waals surface area contributed by atoms with Gasteiger partial charge in [0.2, 0.25) is 0 Å². The summed E-state index contributed by atoms with van der Waals surface area (Å²) in [6.45, 7) is 5.75. The van der Waals surface area contributed by atoms with Crippen LogP contribution in [0.3, 0.4) is 0 Å². The largest absolute Gasteiger partial charge is 0.264 e. The van der Waals surface area contributed by atoms with E-state index < -0.39 is 0 Å². The Bertz CT molecular complexity index is 320. The lowest BCUT2D eigenvalue weighted by atomic mass is 10.1. The van der Waals surface area contributed by atoms with E-state index in [1.165, 1.54) is 0 Å². The minimum atomic E-state index is 1.09. The molecule has 0 bridgehead atoms. The molecule has 0 aliphatic rings. The van der Waals surface area contributed by atoms with Gasteiger partial charge in [-0.1, -0.05) is 36.9 Å². The second kappa shape index (κ2) is 5.09. The van der Waals surface area contributed by atoms with Crippen molar-refractivity contribution in [1.82, 2.24) is 4.98 Å². The van der Waals surface area contributed by atoms with Crippen molar-refractivity contribution in [3.8, 4) is 0 Å². The SMILES string of the molecule is C=C/C(=C\C=C/C)c1cccnc1. The maximum absolute atomic E-state index is 4.05. The second-order valence-electron chi connectivity index (χ2n) is 2.59. The van der Waals surface area contributed by atoms with Gasteiger partial charge in [-0.15, -0.1) is 0 Å². The van der Waals surface area contributed by atoms with Crippen LogP contribution in [-0.4, -0.2) is 4.98 Å². The zero-order valence-corrected chi connectivity index (χ0v) is 7.77. The molecule has 1 heterocycles. The highest BCUT2D eigenvalue weighted by atomic mass is 14.6. The molecule has 1 nitrogen and oxygen atoms in total. The topological polar surface area (TPSA) is 12.9 Å². The molecule has 0 saturated carbocycles. The molecule has 0 spiro atoms. The molecule has 0 N–H and O–H groups in total. The summed E-state index contributed by atoms with van der Waals surface area (Å²) in [5.41, 5.74) is 2.18. The number of aromatic nitrogens is 1. The Morgan fingerprint density at radius 1 is 1.54 bits per heavy atom. The highest BCUT2D eigenvalue weighted by molar-refractivity contribution is 5.74. The summed E-state index contributed by atoms with van der Waals surface area (Å²) in [7, 11) is 0. The number of pyridine rings is 1. The van der Waals surface area contributed by atoms with Gasteiger partial charge in [-0.3, -0.25) is 4.98 Å². The molecule has 1 aromatic rings. The van der Waals surface area contributed by atoms with Gasteiger partial charge < -0.3 is 0 Å². The maximum Gasteiger partial charge on any atom is 0.0346 e. The average molecular weight is 171 g/mol. The third kappa shape index (κ3) is 2.71. The van der Waals surface area contributed by atoms with Crippen molar-refractivity contribution in [2.24, 2.45) is 0 Å². The molecule has 0 unspecified atom stereocenters. The average Bonchev–Trinajstić information content (AvgIpc) is 2.21. The summed E-state index contributed by atoms with van der Waals surface area (Å²) < 4.78 is 0. The highest BCUT2D eigenvalue weighted by Crippen LogP contribution is 2.13. The van der Waals surface area contributed by atoms with E-state index >= 15 is 0 Å². The fourth-order valence-corrected chi connectivity index (χ4v) is 1.02. The molecule has 0 fully saturated rings. The number of allylic oxidation sites excluding steroid dienone is 5. The smallest absolute Gasteiger partial charge is 0.0346 e. The van der Waals surface area contributed by atoms with Crippen LogP contribution in [0.25, 0.3) is 5.57 Å². The first-order valence-electron chi connectivity index (χ1n) is 4.24. The summed E-state index contributed by atoms with van der Waals surface area (Å²) in [5, 5.41) is 0. The van der Waals surface area contributed by atoms with Crippen molar-refractivity contribution in [2.45, 2.75) is 6.92 Å². The highest BCUT2D eigenvalue weighted by Gasteiger charge is 1.93. The van der Waals surface area contributed by atoms with Crippen molar-refractivity contribution in [1.29, 1.82) is 0 Å². The number of hydrogen-bond acceptors (Lipinski definition) is 1. The summed E-state index contributed by atoms with van der Waals surface area (Å²) in [4.78, 5) is 4.05. The van der Waals surface area contributed by atoms with E-state index in [2.05, 4.69) is 11.6 Å². The van der Waals surface area contributed by atoms with E-state index in [0.717, 1.165) is 11.1 Å². The molecule has 0 aliphatic carbocycles. The van der Waals surface area contributed by atoms with E-state index in [9.17, 15) is 0 Å². The van der Waals surface area contributed by atoms with Crippen LogP contribution in [0.4, 0.5) is 0 Å². The Morgan fingerprint density at radius 2 is 2.38 bits per heavy atom. The molecule has 0 radical (unpaired) electrons. The van der Waals surface area contributed by atoms with Crippen molar-refractivity contribution >= 4 is 5.57 Å². The van der Waals surface area contributed by atoms with Crippen LogP contribution in [-0.2, 0) is 0 Å². The number of nitrogens with zero attached hydrogens (tertiary/aromatic N) is 1. The summed E-state index contributed by atoms with van der Waals surface area (Å²) in [6, 6.07) is 3.94. The van der Waals surface area contributed by atoms with Crippen LogP contribution < -0.4 is 0 Å². The molecular formula is C12H13N. The fourth-order valence-electron chi connectivity index (χ4n) is 1.02. The Morgan fingerprint density at radius 3 is 2.92 bits per heavy atom.